The summed E-state index contributed by atoms with van der Waals surface area (Å²) in [5.41, 5.74) is 4.33. The highest BCUT2D eigenvalue weighted by atomic mass is 16.4. The fourth-order valence-corrected chi connectivity index (χ4v) is 2.34. The highest BCUT2D eigenvalue weighted by Crippen LogP contribution is 2.22. The maximum absolute atomic E-state index is 11.8. The summed E-state index contributed by atoms with van der Waals surface area (Å²) in [6, 6.07) is 19.2. The normalized spacial score (nSPS) is 10.8. The van der Waals surface area contributed by atoms with Gasteiger partial charge in [0.25, 0.3) is 0 Å². The van der Waals surface area contributed by atoms with Crippen LogP contribution in [0.3, 0.4) is 0 Å². The van der Waals surface area contributed by atoms with Gasteiger partial charge in [0, 0.05) is 5.56 Å². The fraction of sp³-hybridized carbons (Fsp3) is 0.0500. The number of amides is 1. The number of carbonyl (C=O) groups is 2. The third kappa shape index (κ3) is 4.45. The Bertz CT molecular complexity index is 928. The van der Waals surface area contributed by atoms with Crippen LogP contribution in [0.5, 0.6) is 0 Å². The minimum absolute atomic E-state index is 0.211. The molecule has 26 heavy (non-hydrogen) atoms. The number of benzene rings is 2. The molecular formula is C20H16N2O4. The summed E-state index contributed by atoms with van der Waals surface area (Å²) >= 11 is 0. The molecule has 1 amide bonds. The number of carboxylic acid groups (broad SMARTS) is 1. The molecule has 6 heteroatoms. The van der Waals surface area contributed by atoms with E-state index in [4.69, 9.17) is 9.52 Å². The lowest BCUT2D eigenvalue weighted by Gasteiger charge is -1.99. The second kappa shape index (κ2) is 7.94. The van der Waals surface area contributed by atoms with Crippen LogP contribution in [0, 0.1) is 0 Å². The number of aromatic carboxylic acids is 1. The van der Waals surface area contributed by atoms with E-state index in [1.165, 1.54) is 18.3 Å². The van der Waals surface area contributed by atoms with Gasteiger partial charge in [0.1, 0.15) is 11.5 Å². The Labute approximate surface area is 149 Å². The van der Waals surface area contributed by atoms with E-state index in [2.05, 4.69) is 10.5 Å². The van der Waals surface area contributed by atoms with Crippen LogP contribution < -0.4 is 5.43 Å². The summed E-state index contributed by atoms with van der Waals surface area (Å²) in [7, 11) is 0. The lowest BCUT2D eigenvalue weighted by Crippen LogP contribution is -2.19. The van der Waals surface area contributed by atoms with Gasteiger partial charge in [-0.1, -0.05) is 42.5 Å². The third-order valence-electron chi connectivity index (χ3n) is 3.63. The molecule has 0 aliphatic heterocycles. The molecule has 1 heterocycles. The lowest BCUT2D eigenvalue weighted by atomic mass is 10.1. The van der Waals surface area contributed by atoms with Crippen molar-refractivity contribution in [3.05, 3.63) is 83.6 Å². The van der Waals surface area contributed by atoms with Crippen molar-refractivity contribution in [1.82, 2.24) is 5.43 Å². The van der Waals surface area contributed by atoms with Crippen LogP contribution in [-0.4, -0.2) is 23.2 Å². The van der Waals surface area contributed by atoms with E-state index >= 15 is 0 Å². The van der Waals surface area contributed by atoms with E-state index in [-0.39, 0.29) is 17.9 Å². The quantitative estimate of drug-likeness (QED) is 0.528. The zero-order valence-electron chi connectivity index (χ0n) is 13.8. The minimum atomic E-state index is -0.977. The molecule has 0 radical (unpaired) electrons. The van der Waals surface area contributed by atoms with Gasteiger partial charge >= 0.3 is 5.97 Å². The molecule has 6 nitrogen and oxygen atoms in total. The number of nitrogens with zero attached hydrogens (tertiary/aromatic N) is 1. The number of carbonyl (C=O) groups excluding carboxylic acids is 1. The SMILES string of the molecule is O=C(Cc1ccccc1)N/N=C\c1ccc(-c2ccc(C(=O)O)cc2)o1. The highest BCUT2D eigenvalue weighted by Gasteiger charge is 2.06. The van der Waals surface area contributed by atoms with E-state index in [0.717, 1.165) is 11.1 Å². The zero-order valence-corrected chi connectivity index (χ0v) is 13.8. The summed E-state index contributed by atoms with van der Waals surface area (Å²) in [6.07, 6.45) is 1.66. The molecule has 1 aromatic heterocycles. The van der Waals surface area contributed by atoms with Crippen molar-refractivity contribution in [3.63, 3.8) is 0 Å². The number of carboxylic acids is 1. The zero-order chi connectivity index (χ0) is 18.4. The van der Waals surface area contributed by atoms with Crippen LogP contribution >= 0.6 is 0 Å². The van der Waals surface area contributed by atoms with Gasteiger partial charge in [-0.05, 0) is 29.8 Å². The number of hydrogen-bond donors (Lipinski definition) is 2. The molecule has 0 atom stereocenters. The average molecular weight is 348 g/mol. The molecule has 0 aliphatic rings. The molecule has 0 saturated carbocycles. The third-order valence-corrected chi connectivity index (χ3v) is 3.63. The molecule has 0 fully saturated rings. The molecule has 2 N–H and O–H groups in total. The second-order valence-corrected chi connectivity index (χ2v) is 5.54. The van der Waals surface area contributed by atoms with Gasteiger partial charge in [0.15, 0.2) is 0 Å². The van der Waals surface area contributed by atoms with E-state index in [0.29, 0.717) is 11.5 Å². The van der Waals surface area contributed by atoms with Gasteiger partial charge < -0.3 is 9.52 Å². The van der Waals surface area contributed by atoms with Crippen molar-refractivity contribution in [2.75, 3.05) is 0 Å². The first kappa shape index (κ1) is 17.2. The van der Waals surface area contributed by atoms with E-state index in [9.17, 15) is 9.59 Å². The van der Waals surface area contributed by atoms with Gasteiger partial charge in [0.2, 0.25) is 5.91 Å². The first-order valence-electron chi connectivity index (χ1n) is 7.91. The van der Waals surface area contributed by atoms with Crippen molar-refractivity contribution in [1.29, 1.82) is 0 Å². The smallest absolute Gasteiger partial charge is 0.335 e. The Kier molecular flexibility index (Phi) is 5.24. The van der Waals surface area contributed by atoms with Crippen molar-refractivity contribution in [2.24, 2.45) is 5.10 Å². The van der Waals surface area contributed by atoms with Crippen LogP contribution in [0.2, 0.25) is 0 Å². The Morgan fingerprint density at radius 1 is 1.00 bits per heavy atom. The molecule has 0 saturated heterocycles. The predicted octanol–water partition coefficient (Wildman–Crippen LogP) is 3.34. The van der Waals surface area contributed by atoms with Crippen molar-refractivity contribution in [3.8, 4) is 11.3 Å². The van der Waals surface area contributed by atoms with Crippen LogP contribution in [-0.2, 0) is 11.2 Å². The number of hydrazone groups is 1. The molecule has 0 bridgehead atoms. The van der Waals surface area contributed by atoms with Crippen molar-refractivity contribution >= 4 is 18.1 Å². The molecule has 3 rings (SSSR count). The fourth-order valence-electron chi connectivity index (χ4n) is 2.34. The number of hydrogen-bond acceptors (Lipinski definition) is 4. The first-order valence-corrected chi connectivity index (χ1v) is 7.91. The summed E-state index contributed by atoms with van der Waals surface area (Å²) in [6.45, 7) is 0. The topological polar surface area (TPSA) is 91.9 Å². The van der Waals surface area contributed by atoms with Crippen LogP contribution in [0.4, 0.5) is 0 Å². The van der Waals surface area contributed by atoms with Gasteiger partial charge in [-0.3, -0.25) is 4.79 Å². The Hall–Kier alpha value is -3.67. The average Bonchev–Trinajstić information content (AvgIpc) is 3.11. The maximum atomic E-state index is 11.8. The standard InChI is InChI=1S/C20H16N2O4/c23-19(12-14-4-2-1-3-5-14)22-21-13-17-10-11-18(26-17)15-6-8-16(9-7-15)20(24)25/h1-11,13H,12H2,(H,22,23)(H,24,25)/b21-13-. The highest BCUT2D eigenvalue weighted by molar-refractivity contribution is 5.88. The van der Waals surface area contributed by atoms with Gasteiger partial charge in [0.05, 0.1) is 18.2 Å². The minimum Gasteiger partial charge on any atom is -0.478 e. The Morgan fingerprint density at radius 2 is 1.73 bits per heavy atom. The van der Waals surface area contributed by atoms with Crippen molar-refractivity contribution < 1.29 is 19.1 Å². The molecule has 2 aromatic carbocycles. The Morgan fingerprint density at radius 3 is 2.42 bits per heavy atom. The van der Waals surface area contributed by atoms with Crippen molar-refractivity contribution in [2.45, 2.75) is 6.42 Å². The van der Waals surface area contributed by atoms with E-state index < -0.39 is 5.97 Å². The predicted molar refractivity (Wildman–Crippen MR) is 97.0 cm³/mol. The molecule has 3 aromatic rings. The molecule has 0 unspecified atom stereocenters. The monoisotopic (exact) mass is 348 g/mol. The maximum Gasteiger partial charge on any atom is 0.335 e. The van der Waals surface area contributed by atoms with Crippen LogP contribution in [0.25, 0.3) is 11.3 Å². The number of nitrogens with one attached hydrogen (secondary N) is 1. The summed E-state index contributed by atoms with van der Waals surface area (Å²) < 4.78 is 5.62. The van der Waals surface area contributed by atoms with E-state index in [1.807, 2.05) is 30.3 Å². The lowest BCUT2D eigenvalue weighted by molar-refractivity contribution is -0.120. The summed E-state index contributed by atoms with van der Waals surface area (Å²) in [5.74, 6) is -0.139. The van der Waals surface area contributed by atoms with E-state index in [1.54, 1.807) is 24.3 Å². The number of rotatable bonds is 6. The molecule has 0 aliphatic carbocycles. The molecule has 0 spiro atoms. The molecular weight excluding hydrogens is 332 g/mol. The van der Waals surface area contributed by atoms with Crippen LogP contribution in [0.15, 0.2) is 76.2 Å². The second-order valence-electron chi connectivity index (χ2n) is 5.54. The number of furan rings is 1. The largest absolute Gasteiger partial charge is 0.478 e. The van der Waals surface area contributed by atoms with Gasteiger partial charge in [-0.25, -0.2) is 10.2 Å². The summed E-state index contributed by atoms with van der Waals surface area (Å²) in [5, 5.41) is 12.8. The van der Waals surface area contributed by atoms with Crippen LogP contribution in [0.1, 0.15) is 21.7 Å². The summed E-state index contributed by atoms with van der Waals surface area (Å²) in [4.78, 5) is 22.7. The van der Waals surface area contributed by atoms with Gasteiger partial charge in [-0.15, -0.1) is 0 Å². The first-order chi connectivity index (χ1) is 12.6. The Balaban J connectivity index is 1.58. The molecule has 130 valence electrons. The van der Waals surface area contributed by atoms with Gasteiger partial charge in [-0.2, -0.15) is 5.10 Å².